The van der Waals surface area contributed by atoms with Crippen LogP contribution in [0.4, 0.5) is 0 Å². The molecule has 0 saturated heterocycles. The second-order valence-electron chi connectivity index (χ2n) is 6.88. The van der Waals surface area contributed by atoms with Gasteiger partial charge < -0.3 is 19.9 Å². The maximum absolute atomic E-state index is 12.8. The van der Waals surface area contributed by atoms with Crippen LogP contribution in [0.5, 0.6) is 5.75 Å². The summed E-state index contributed by atoms with van der Waals surface area (Å²) < 4.78 is 10.2. The number of esters is 2. The van der Waals surface area contributed by atoms with E-state index in [0.717, 1.165) is 5.56 Å². The first-order chi connectivity index (χ1) is 13.9. The fourth-order valence-electron chi connectivity index (χ4n) is 3.33. The van der Waals surface area contributed by atoms with Crippen molar-refractivity contribution in [2.45, 2.75) is 38.8 Å². The van der Waals surface area contributed by atoms with E-state index in [-0.39, 0.29) is 30.3 Å². The molecular formula is C22H23NO6. The van der Waals surface area contributed by atoms with E-state index in [9.17, 15) is 19.5 Å². The second-order valence-corrected chi connectivity index (χ2v) is 6.88. The number of hydrogen-bond donors (Lipinski definition) is 2. The molecule has 1 amide bonds. The number of cyclic esters (lactones) is 1. The lowest BCUT2D eigenvalue weighted by Gasteiger charge is -2.23. The molecule has 0 radical (unpaired) electrons. The maximum atomic E-state index is 12.8. The van der Waals surface area contributed by atoms with Crippen molar-refractivity contribution in [1.29, 1.82) is 0 Å². The Bertz CT molecular complexity index is 924. The molecule has 2 aromatic rings. The fourth-order valence-corrected chi connectivity index (χ4v) is 3.33. The van der Waals surface area contributed by atoms with Crippen LogP contribution in [-0.4, -0.2) is 41.7 Å². The number of hydrogen-bond acceptors (Lipinski definition) is 6. The minimum Gasteiger partial charge on any atom is -0.506 e. The summed E-state index contributed by atoms with van der Waals surface area (Å²) in [6.07, 6.45) is 0.389. The van der Waals surface area contributed by atoms with E-state index in [1.165, 1.54) is 6.07 Å². The number of carbonyl (C=O) groups excluding carboxylic acids is 3. The van der Waals surface area contributed by atoms with Crippen LogP contribution < -0.4 is 5.32 Å². The summed E-state index contributed by atoms with van der Waals surface area (Å²) in [5.41, 5.74) is 1.36. The number of ether oxygens (including phenoxy) is 2. The first kappa shape index (κ1) is 20.4. The van der Waals surface area contributed by atoms with Crippen molar-refractivity contribution in [3.8, 4) is 5.75 Å². The number of nitrogens with one attached hydrogen (secondary N) is 1. The molecule has 7 heteroatoms. The molecule has 29 heavy (non-hydrogen) atoms. The molecule has 0 spiro atoms. The van der Waals surface area contributed by atoms with Gasteiger partial charge in [-0.1, -0.05) is 36.4 Å². The summed E-state index contributed by atoms with van der Waals surface area (Å²) in [7, 11) is 0. The van der Waals surface area contributed by atoms with Crippen LogP contribution in [-0.2, 0) is 27.1 Å². The van der Waals surface area contributed by atoms with E-state index in [1.54, 1.807) is 19.9 Å². The van der Waals surface area contributed by atoms with Gasteiger partial charge in [-0.15, -0.1) is 0 Å². The second kappa shape index (κ2) is 8.77. The highest BCUT2D eigenvalue weighted by molar-refractivity contribution is 6.04. The van der Waals surface area contributed by atoms with Crippen LogP contribution >= 0.6 is 0 Å². The van der Waals surface area contributed by atoms with Crippen LogP contribution in [0.15, 0.2) is 42.5 Å². The Morgan fingerprint density at radius 3 is 2.66 bits per heavy atom. The lowest BCUT2D eigenvalue weighted by atomic mass is 9.95. The Hall–Kier alpha value is -3.35. The average molecular weight is 397 g/mol. The summed E-state index contributed by atoms with van der Waals surface area (Å²) in [6.45, 7) is 3.61. The van der Waals surface area contributed by atoms with Crippen LogP contribution in [0.3, 0.4) is 0 Å². The van der Waals surface area contributed by atoms with E-state index >= 15 is 0 Å². The van der Waals surface area contributed by atoms with Gasteiger partial charge in [0.15, 0.2) is 0 Å². The van der Waals surface area contributed by atoms with Crippen molar-refractivity contribution in [2.75, 3.05) is 6.61 Å². The molecule has 1 unspecified atom stereocenters. The summed E-state index contributed by atoms with van der Waals surface area (Å²) in [6, 6.07) is 11.3. The number of phenols is 1. The molecule has 1 heterocycles. The zero-order valence-electron chi connectivity index (χ0n) is 16.3. The van der Waals surface area contributed by atoms with Crippen molar-refractivity contribution < 1.29 is 29.0 Å². The number of amides is 1. The molecule has 0 aliphatic carbocycles. The molecule has 0 aromatic heterocycles. The van der Waals surface area contributed by atoms with E-state index in [1.807, 2.05) is 30.3 Å². The standard InChI is InChI=1S/C22H23NO6/c1-3-28-21(26)17(12-14-7-5-4-6-8-14)23-20(25)16-10-9-15-11-13(2)29-22(27)18(15)19(16)24/h4-10,13,17,24H,3,11-12H2,1-2H3,(H,23,25)/t13?,17-/m0/s1. The van der Waals surface area contributed by atoms with E-state index < -0.39 is 29.6 Å². The number of fused-ring (bicyclic) bond motifs is 1. The Morgan fingerprint density at radius 2 is 1.97 bits per heavy atom. The summed E-state index contributed by atoms with van der Waals surface area (Å²) in [4.78, 5) is 37.3. The average Bonchev–Trinajstić information content (AvgIpc) is 2.68. The molecule has 3 rings (SSSR count). The lowest BCUT2D eigenvalue weighted by Crippen LogP contribution is -2.43. The molecule has 0 saturated carbocycles. The van der Waals surface area contributed by atoms with Gasteiger partial charge >= 0.3 is 11.9 Å². The van der Waals surface area contributed by atoms with Gasteiger partial charge in [-0.05, 0) is 31.0 Å². The normalized spacial score (nSPS) is 16.3. The van der Waals surface area contributed by atoms with Crippen molar-refractivity contribution in [2.24, 2.45) is 0 Å². The first-order valence-electron chi connectivity index (χ1n) is 9.48. The summed E-state index contributed by atoms with van der Waals surface area (Å²) in [5.74, 6) is -2.36. The van der Waals surface area contributed by atoms with Crippen molar-refractivity contribution in [3.05, 3.63) is 64.7 Å². The van der Waals surface area contributed by atoms with E-state index in [2.05, 4.69) is 5.32 Å². The van der Waals surface area contributed by atoms with E-state index in [0.29, 0.717) is 12.0 Å². The minimum atomic E-state index is -0.938. The van der Waals surface area contributed by atoms with Crippen LogP contribution in [0.1, 0.15) is 45.7 Å². The predicted molar refractivity (Wildman–Crippen MR) is 105 cm³/mol. The third-order valence-corrected chi connectivity index (χ3v) is 4.69. The van der Waals surface area contributed by atoms with Gasteiger partial charge in [0.05, 0.1) is 12.2 Å². The van der Waals surface area contributed by atoms with Gasteiger partial charge in [-0.3, -0.25) is 4.79 Å². The first-order valence-corrected chi connectivity index (χ1v) is 9.48. The number of aromatic hydroxyl groups is 1. The lowest BCUT2D eigenvalue weighted by molar-refractivity contribution is -0.145. The zero-order valence-corrected chi connectivity index (χ0v) is 16.3. The highest BCUT2D eigenvalue weighted by Gasteiger charge is 2.31. The fraction of sp³-hybridized carbons (Fsp3) is 0.318. The third-order valence-electron chi connectivity index (χ3n) is 4.69. The molecule has 7 nitrogen and oxygen atoms in total. The molecular weight excluding hydrogens is 374 g/mol. The number of phenolic OH excluding ortho intramolecular Hbond substituents is 1. The molecule has 1 aliphatic heterocycles. The Morgan fingerprint density at radius 1 is 1.24 bits per heavy atom. The van der Waals surface area contributed by atoms with Crippen LogP contribution in [0.2, 0.25) is 0 Å². The molecule has 2 atom stereocenters. The predicted octanol–water partition coefficient (Wildman–Crippen LogP) is 2.40. The molecule has 1 aliphatic rings. The summed E-state index contributed by atoms with van der Waals surface area (Å²) >= 11 is 0. The van der Waals surface area contributed by atoms with Gasteiger partial charge in [-0.2, -0.15) is 0 Å². The topological polar surface area (TPSA) is 102 Å². The minimum absolute atomic E-state index is 0.00788. The van der Waals surface area contributed by atoms with Gasteiger partial charge in [0.25, 0.3) is 5.91 Å². The largest absolute Gasteiger partial charge is 0.506 e. The molecule has 152 valence electrons. The van der Waals surface area contributed by atoms with Crippen molar-refractivity contribution >= 4 is 17.8 Å². The quantitative estimate of drug-likeness (QED) is 0.726. The smallest absolute Gasteiger partial charge is 0.342 e. The highest BCUT2D eigenvalue weighted by Crippen LogP contribution is 2.31. The SMILES string of the molecule is CCOC(=O)[C@H](Cc1ccccc1)NC(=O)c1ccc2c(c1O)C(=O)OC(C)C2. The van der Waals surface area contributed by atoms with Crippen LogP contribution in [0.25, 0.3) is 0 Å². The highest BCUT2D eigenvalue weighted by atomic mass is 16.5. The van der Waals surface area contributed by atoms with Crippen molar-refractivity contribution in [3.63, 3.8) is 0 Å². The molecule has 0 bridgehead atoms. The summed E-state index contributed by atoms with van der Waals surface area (Å²) in [5, 5.41) is 13.1. The van der Waals surface area contributed by atoms with Crippen molar-refractivity contribution in [1.82, 2.24) is 5.32 Å². The molecule has 2 N–H and O–H groups in total. The van der Waals surface area contributed by atoms with Gasteiger partial charge in [0.1, 0.15) is 23.5 Å². The molecule has 2 aromatic carbocycles. The van der Waals surface area contributed by atoms with Gasteiger partial charge in [0, 0.05) is 12.8 Å². The monoisotopic (exact) mass is 397 g/mol. The third kappa shape index (κ3) is 4.56. The number of carbonyl (C=O) groups is 3. The van der Waals surface area contributed by atoms with Gasteiger partial charge in [-0.25, -0.2) is 9.59 Å². The number of benzene rings is 2. The zero-order chi connectivity index (χ0) is 21.0. The maximum Gasteiger partial charge on any atom is 0.342 e. The Balaban J connectivity index is 1.85. The Kier molecular flexibility index (Phi) is 6.16. The molecule has 0 fully saturated rings. The Labute approximate surface area is 168 Å². The van der Waals surface area contributed by atoms with Gasteiger partial charge in [0.2, 0.25) is 0 Å². The number of rotatable bonds is 6. The van der Waals surface area contributed by atoms with E-state index in [4.69, 9.17) is 9.47 Å². The van der Waals surface area contributed by atoms with Crippen LogP contribution in [0, 0.1) is 0 Å².